The lowest BCUT2D eigenvalue weighted by molar-refractivity contribution is 0.956. The van der Waals surface area contributed by atoms with Gasteiger partial charge in [-0.3, -0.25) is 4.79 Å². The summed E-state index contributed by atoms with van der Waals surface area (Å²) in [4.78, 5) is 14.1. The predicted octanol–water partition coefficient (Wildman–Crippen LogP) is 4.17. The maximum Gasteiger partial charge on any atom is 0.247 e. The van der Waals surface area contributed by atoms with Crippen LogP contribution >= 0.6 is 0 Å². The van der Waals surface area contributed by atoms with Crippen LogP contribution in [0.25, 0.3) is 0 Å². The molecule has 0 bridgehead atoms. The third-order valence-corrected chi connectivity index (χ3v) is 3.96. The molecule has 0 aliphatic carbocycles. The lowest BCUT2D eigenvalue weighted by atomic mass is 9.85. The van der Waals surface area contributed by atoms with Crippen LogP contribution in [-0.4, -0.2) is 4.98 Å². The summed E-state index contributed by atoms with van der Waals surface area (Å²) in [7, 11) is 0. The number of aryl methyl sites for hydroxylation is 2. The number of aromatic nitrogens is 1. The van der Waals surface area contributed by atoms with Crippen LogP contribution in [-0.2, 0) is 0 Å². The van der Waals surface area contributed by atoms with E-state index in [2.05, 4.69) is 67.4 Å². The smallest absolute Gasteiger partial charge is 0.247 e. The van der Waals surface area contributed by atoms with Crippen LogP contribution in [0.1, 0.15) is 33.7 Å². The standard InChI is InChI=1S/C20H19NO/c1-14-3-7-16(8-4-14)20(17-9-5-15(2)6-10-17)18-11-12-19(22)21-13-18/h3-13,20H,1-2H3,(H,21,22). The van der Waals surface area contributed by atoms with E-state index in [1.165, 1.54) is 22.3 Å². The summed E-state index contributed by atoms with van der Waals surface area (Å²) in [5.74, 6) is 0.123. The average Bonchev–Trinajstić information content (AvgIpc) is 2.53. The molecule has 0 aliphatic heterocycles. The van der Waals surface area contributed by atoms with Gasteiger partial charge in [-0.05, 0) is 30.5 Å². The van der Waals surface area contributed by atoms with E-state index in [0.29, 0.717) is 0 Å². The number of H-pyrrole nitrogens is 1. The third-order valence-electron chi connectivity index (χ3n) is 3.96. The number of pyridine rings is 1. The molecule has 0 saturated heterocycles. The van der Waals surface area contributed by atoms with E-state index in [4.69, 9.17) is 0 Å². The van der Waals surface area contributed by atoms with E-state index in [0.717, 1.165) is 5.56 Å². The van der Waals surface area contributed by atoms with Gasteiger partial charge in [0.15, 0.2) is 0 Å². The highest BCUT2D eigenvalue weighted by Gasteiger charge is 2.16. The molecule has 1 aromatic heterocycles. The van der Waals surface area contributed by atoms with E-state index in [-0.39, 0.29) is 11.5 Å². The molecule has 3 aromatic rings. The molecule has 2 heteroatoms. The summed E-state index contributed by atoms with van der Waals surface area (Å²) in [6.45, 7) is 4.18. The van der Waals surface area contributed by atoms with Crippen LogP contribution in [0.3, 0.4) is 0 Å². The molecule has 22 heavy (non-hydrogen) atoms. The first kappa shape index (κ1) is 14.3. The molecule has 0 fully saturated rings. The van der Waals surface area contributed by atoms with Crippen molar-refractivity contribution in [2.24, 2.45) is 0 Å². The fourth-order valence-corrected chi connectivity index (χ4v) is 2.70. The van der Waals surface area contributed by atoms with Crippen LogP contribution in [0.5, 0.6) is 0 Å². The van der Waals surface area contributed by atoms with Crippen LogP contribution in [0, 0.1) is 13.8 Å². The van der Waals surface area contributed by atoms with E-state index in [1.807, 2.05) is 12.3 Å². The van der Waals surface area contributed by atoms with Gasteiger partial charge in [-0.25, -0.2) is 0 Å². The molecule has 110 valence electrons. The first-order valence-corrected chi connectivity index (χ1v) is 7.45. The topological polar surface area (TPSA) is 32.9 Å². The highest BCUT2D eigenvalue weighted by atomic mass is 16.1. The zero-order valence-corrected chi connectivity index (χ0v) is 12.8. The fraction of sp³-hybridized carbons (Fsp3) is 0.150. The maximum absolute atomic E-state index is 11.4. The summed E-state index contributed by atoms with van der Waals surface area (Å²) < 4.78 is 0. The number of hydrogen-bond acceptors (Lipinski definition) is 1. The summed E-state index contributed by atoms with van der Waals surface area (Å²) in [5.41, 5.74) is 5.95. The van der Waals surface area contributed by atoms with E-state index in [1.54, 1.807) is 6.07 Å². The second-order valence-electron chi connectivity index (χ2n) is 5.74. The normalized spacial score (nSPS) is 10.9. The zero-order valence-electron chi connectivity index (χ0n) is 12.8. The summed E-state index contributed by atoms with van der Waals surface area (Å²) >= 11 is 0. The molecule has 2 aromatic carbocycles. The predicted molar refractivity (Wildman–Crippen MR) is 90.4 cm³/mol. The molecule has 1 N–H and O–H groups in total. The zero-order chi connectivity index (χ0) is 15.5. The minimum atomic E-state index is -0.0738. The Balaban J connectivity index is 2.12. The Morgan fingerprint density at radius 1 is 0.682 bits per heavy atom. The number of hydrogen-bond donors (Lipinski definition) is 1. The fourth-order valence-electron chi connectivity index (χ4n) is 2.70. The first-order valence-electron chi connectivity index (χ1n) is 7.45. The number of rotatable bonds is 3. The van der Waals surface area contributed by atoms with Crippen molar-refractivity contribution in [2.75, 3.05) is 0 Å². The molecule has 1 heterocycles. The molecular weight excluding hydrogens is 270 g/mol. The van der Waals surface area contributed by atoms with E-state index in [9.17, 15) is 4.79 Å². The largest absolute Gasteiger partial charge is 0.329 e. The molecular formula is C20H19NO. The Morgan fingerprint density at radius 2 is 1.14 bits per heavy atom. The van der Waals surface area contributed by atoms with Gasteiger partial charge in [0.25, 0.3) is 0 Å². The molecule has 2 nitrogen and oxygen atoms in total. The number of benzene rings is 2. The van der Waals surface area contributed by atoms with Crippen LogP contribution in [0.15, 0.2) is 71.7 Å². The molecule has 0 saturated carbocycles. The Bertz CT molecular complexity index is 748. The molecule has 0 amide bonds. The second kappa shape index (κ2) is 6.02. The first-order chi connectivity index (χ1) is 10.6. The Hall–Kier alpha value is -2.61. The molecule has 0 unspecified atom stereocenters. The van der Waals surface area contributed by atoms with Crippen molar-refractivity contribution in [2.45, 2.75) is 19.8 Å². The van der Waals surface area contributed by atoms with Crippen molar-refractivity contribution in [1.29, 1.82) is 0 Å². The maximum atomic E-state index is 11.4. The second-order valence-corrected chi connectivity index (χ2v) is 5.74. The molecule has 0 radical (unpaired) electrons. The quantitative estimate of drug-likeness (QED) is 0.771. The van der Waals surface area contributed by atoms with Gasteiger partial charge in [-0.1, -0.05) is 65.7 Å². The van der Waals surface area contributed by atoms with Crippen LogP contribution in [0.4, 0.5) is 0 Å². The highest BCUT2D eigenvalue weighted by molar-refractivity contribution is 5.43. The van der Waals surface area contributed by atoms with Gasteiger partial charge >= 0.3 is 0 Å². The van der Waals surface area contributed by atoms with Gasteiger partial charge in [0.1, 0.15) is 0 Å². The highest BCUT2D eigenvalue weighted by Crippen LogP contribution is 2.31. The Labute approximate surface area is 130 Å². The number of aromatic amines is 1. The van der Waals surface area contributed by atoms with Crippen LogP contribution < -0.4 is 5.56 Å². The van der Waals surface area contributed by atoms with Gasteiger partial charge in [0.05, 0.1) is 0 Å². The Kier molecular flexibility index (Phi) is 3.92. The molecule has 0 aliphatic rings. The van der Waals surface area contributed by atoms with Crippen molar-refractivity contribution in [3.63, 3.8) is 0 Å². The van der Waals surface area contributed by atoms with Gasteiger partial charge in [0, 0.05) is 18.2 Å². The molecule has 0 atom stereocenters. The SMILES string of the molecule is Cc1ccc(C(c2ccc(C)cc2)c2ccc(=O)[nH]c2)cc1. The van der Waals surface area contributed by atoms with Crippen molar-refractivity contribution < 1.29 is 0 Å². The van der Waals surface area contributed by atoms with E-state index >= 15 is 0 Å². The van der Waals surface area contributed by atoms with Crippen LogP contribution in [0.2, 0.25) is 0 Å². The van der Waals surface area contributed by atoms with Gasteiger partial charge < -0.3 is 4.98 Å². The summed E-state index contributed by atoms with van der Waals surface area (Å²) in [5, 5.41) is 0. The number of nitrogens with one attached hydrogen (secondary N) is 1. The minimum absolute atomic E-state index is 0.0738. The van der Waals surface area contributed by atoms with Crippen molar-refractivity contribution in [3.05, 3.63) is 105 Å². The van der Waals surface area contributed by atoms with Gasteiger partial charge in [0.2, 0.25) is 5.56 Å². The molecule has 3 rings (SSSR count). The average molecular weight is 289 g/mol. The lowest BCUT2D eigenvalue weighted by Gasteiger charge is -2.19. The van der Waals surface area contributed by atoms with Crippen molar-refractivity contribution >= 4 is 0 Å². The van der Waals surface area contributed by atoms with E-state index < -0.39 is 0 Å². The van der Waals surface area contributed by atoms with Gasteiger partial charge in [-0.15, -0.1) is 0 Å². The minimum Gasteiger partial charge on any atom is -0.329 e. The Morgan fingerprint density at radius 3 is 1.55 bits per heavy atom. The lowest BCUT2D eigenvalue weighted by Crippen LogP contribution is -2.08. The van der Waals surface area contributed by atoms with Crippen molar-refractivity contribution in [3.8, 4) is 0 Å². The van der Waals surface area contributed by atoms with Crippen molar-refractivity contribution in [1.82, 2.24) is 4.98 Å². The summed E-state index contributed by atoms with van der Waals surface area (Å²) in [6.07, 6.45) is 1.81. The van der Waals surface area contributed by atoms with Gasteiger partial charge in [-0.2, -0.15) is 0 Å². The molecule has 0 spiro atoms. The summed E-state index contributed by atoms with van der Waals surface area (Å²) in [6, 6.07) is 20.6. The third kappa shape index (κ3) is 3.01. The monoisotopic (exact) mass is 289 g/mol.